The normalized spacial score (nSPS) is 14.6. The van der Waals surface area contributed by atoms with Crippen molar-refractivity contribution < 1.29 is 24.0 Å². The van der Waals surface area contributed by atoms with Crippen LogP contribution in [0.1, 0.15) is 15.9 Å². The molecule has 5 nitrogen and oxygen atoms in total. The lowest BCUT2D eigenvalue weighted by Crippen LogP contribution is -2.44. The highest BCUT2D eigenvalue weighted by atomic mass is 32.2. The average molecular weight is 348 g/mol. The molecule has 0 spiro atoms. The van der Waals surface area contributed by atoms with Crippen LogP contribution in [0, 0.1) is 6.92 Å². The molecule has 0 aromatic heterocycles. The van der Waals surface area contributed by atoms with Gasteiger partial charge in [0.2, 0.25) is 0 Å². The number of hydrogen-bond acceptors (Lipinski definition) is 5. The minimum atomic E-state index is -1.76. The number of hydrogen-bond donors (Lipinski definition) is 2. The Balaban J connectivity index is 1.99. The van der Waals surface area contributed by atoms with Crippen LogP contribution in [-0.2, 0) is 15.5 Å². The number of aryl methyl sites for hydroxylation is 1. The van der Waals surface area contributed by atoms with Gasteiger partial charge in [0, 0.05) is 4.90 Å². The van der Waals surface area contributed by atoms with Crippen LogP contribution < -0.4 is 0 Å². The number of esters is 1. The van der Waals surface area contributed by atoms with Crippen LogP contribution in [0.5, 0.6) is 0 Å². The van der Waals surface area contributed by atoms with E-state index in [-0.39, 0.29) is 5.75 Å². The summed E-state index contributed by atoms with van der Waals surface area (Å²) in [6.45, 7) is 0.821. The number of ether oxygens (including phenoxy) is 1. The van der Waals surface area contributed by atoms with Crippen molar-refractivity contribution in [2.24, 2.45) is 0 Å². The van der Waals surface area contributed by atoms with E-state index in [1.165, 1.54) is 0 Å². The van der Waals surface area contributed by atoms with E-state index in [4.69, 9.17) is 4.74 Å². The Morgan fingerprint density at radius 1 is 1.12 bits per heavy atom. The molecule has 0 radical (unpaired) electrons. The van der Waals surface area contributed by atoms with Gasteiger partial charge in [-0.2, -0.15) is 0 Å². The van der Waals surface area contributed by atoms with Gasteiger partial charge in [0.1, 0.15) is 12.2 Å². The van der Waals surface area contributed by atoms with Gasteiger partial charge in [-0.25, -0.2) is 4.79 Å². The Labute approximate surface area is 143 Å². The zero-order valence-corrected chi connectivity index (χ0v) is 14.2. The second-order valence-electron chi connectivity index (χ2n) is 5.63. The molecular weight excluding hydrogens is 328 g/mol. The van der Waals surface area contributed by atoms with E-state index in [9.17, 15) is 19.2 Å². The molecule has 1 unspecified atom stereocenters. The van der Waals surface area contributed by atoms with Gasteiger partial charge < -0.3 is 14.9 Å². The number of rotatable bonds is 7. The van der Waals surface area contributed by atoms with Crippen LogP contribution in [0.4, 0.5) is 0 Å². The Morgan fingerprint density at radius 2 is 1.75 bits per heavy atom. The van der Waals surface area contributed by atoms with Crippen molar-refractivity contribution in [3.05, 3.63) is 65.7 Å². The molecule has 0 saturated carbocycles. The molecule has 0 aliphatic rings. The molecule has 0 saturated heterocycles. The SMILES string of the molecule is Cc1ccc(S(=O)C[C@@](O)(CO)COC(=O)c2ccccc2)cc1. The average Bonchev–Trinajstić information content (AvgIpc) is 2.61. The van der Waals surface area contributed by atoms with Crippen LogP contribution in [0.15, 0.2) is 59.5 Å². The zero-order chi connectivity index (χ0) is 17.6. The fourth-order valence-electron chi connectivity index (χ4n) is 2.01. The number of benzene rings is 2. The van der Waals surface area contributed by atoms with Crippen molar-refractivity contribution in [2.45, 2.75) is 17.4 Å². The van der Waals surface area contributed by atoms with Crippen molar-refractivity contribution in [1.29, 1.82) is 0 Å². The maximum Gasteiger partial charge on any atom is 0.338 e. The lowest BCUT2D eigenvalue weighted by molar-refractivity contribution is -0.0483. The van der Waals surface area contributed by atoms with Gasteiger partial charge in [-0.05, 0) is 31.2 Å². The fraction of sp³-hybridized carbons (Fsp3) is 0.278. The summed E-state index contributed by atoms with van der Waals surface area (Å²) in [5.41, 5.74) is -0.386. The summed E-state index contributed by atoms with van der Waals surface area (Å²) < 4.78 is 17.4. The van der Waals surface area contributed by atoms with Crippen molar-refractivity contribution in [1.82, 2.24) is 0 Å². The molecule has 0 aliphatic heterocycles. The Bertz CT molecular complexity index is 699. The molecule has 0 amide bonds. The number of carbonyl (C=O) groups excluding carboxylic acids is 1. The molecule has 2 aromatic carbocycles. The predicted molar refractivity (Wildman–Crippen MR) is 91.2 cm³/mol. The van der Waals surface area contributed by atoms with Crippen LogP contribution in [-0.4, -0.2) is 45.0 Å². The quantitative estimate of drug-likeness (QED) is 0.744. The van der Waals surface area contributed by atoms with E-state index in [0.29, 0.717) is 10.5 Å². The maximum atomic E-state index is 12.3. The standard InChI is InChI=1S/C18H20O5S/c1-14-7-9-16(10-8-14)24(22)13-18(21,11-19)12-23-17(20)15-5-3-2-4-6-15/h2-10,19,21H,11-13H2,1H3/t18-,24?/m1/s1. The van der Waals surface area contributed by atoms with Crippen LogP contribution in [0.3, 0.4) is 0 Å². The van der Waals surface area contributed by atoms with E-state index in [1.54, 1.807) is 42.5 Å². The summed E-state index contributed by atoms with van der Waals surface area (Å²) in [6.07, 6.45) is 0. The van der Waals surface area contributed by atoms with Crippen LogP contribution >= 0.6 is 0 Å². The van der Waals surface area contributed by atoms with Crippen molar-refractivity contribution in [3.63, 3.8) is 0 Å². The lowest BCUT2D eigenvalue weighted by Gasteiger charge is -2.24. The predicted octanol–water partition coefficient (Wildman–Crippen LogP) is 1.68. The topological polar surface area (TPSA) is 83.8 Å². The molecule has 2 rings (SSSR count). The minimum absolute atomic E-state index is 0.228. The first kappa shape index (κ1) is 18.3. The first-order chi connectivity index (χ1) is 11.4. The van der Waals surface area contributed by atoms with Gasteiger partial charge in [-0.3, -0.25) is 4.21 Å². The van der Waals surface area contributed by atoms with E-state index < -0.39 is 35.6 Å². The van der Waals surface area contributed by atoms with Gasteiger partial charge in [0.15, 0.2) is 0 Å². The molecule has 2 atom stereocenters. The van der Waals surface area contributed by atoms with Crippen LogP contribution in [0.25, 0.3) is 0 Å². The highest BCUT2D eigenvalue weighted by Crippen LogP contribution is 2.15. The van der Waals surface area contributed by atoms with Gasteiger partial charge >= 0.3 is 5.97 Å². The van der Waals surface area contributed by atoms with E-state index in [2.05, 4.69) is 0 Å². The van der Waals surface area contributed by atoms with Gasteiger partial charge in [-0.15, -0.1) is 0 Å². The Hall–Kier alpha value is -2.02. The summed E-state index contributed by atoms with van der Waals surface area (Å²) in [6, 6.07) is 15.4. The number of aliphatic hydroxyl groups excluding tert-OH is 1. The highest BCUT2D eigenvalue weighted by molar-refractivity contribution is 7.85. The number of carbonyl (C=O) groups is 1. The Kier molecular flexibility index (Phi) is 6.25. The van der Waals surface area contributed by atoms with E-state index >= 15 is 0 Å². The molecule has 0 heterocycles. The van der Waals surface area contributed by atoms with Crippen molar-refractivity contribution in [3.8, 4) is 0 Å². The van der Waals surface area contributed by atoms with Gasteiger partial charge in [0.05, 0.1) is 28.7 Å². The molecule has 24 heavy (non-hydrogen) atoms. The minimum Gasteiger partial charge on any atom is -0.459 e. The smallest absolute Gasteiger partial charge is 0.338 e. The van der Waals surface area contributed by atoms with Gasteiger partial charge in [-0.1, -0.05) is 35.9 Å². The van der Waals surface area contributed by atoms with Crippen molar-refractivity contribution in [2.75, 3.05) is 19.0 Å². The summed E-state index contributed by atoms with van der Waals surface area (Å²) in [5.74, 6) is -0.835. The maximum absolute atomic E-state index is 12.3. The summed E-state index contributed by atoms with van der Waals surface area (Å²) in [4.78, 5) is 12.5. The largest absolute Gasteiger partial charge is 0.459 e. The molecule has 2 aromatic rings. The van der Waals surface area contributed by atoms with Gasteiger partial charge in [0.25, 0.3) is 0 Å². The summed E-state index contributed by atoms with van der Waals surface area (Å²) in [5, 5.41) is 19.8. The third-order valence-electron chi connectivity index (χ3n) is 3.46. The summed E-state index contributed by atoms with van der Waals surface area (Å²) >= 11 is 0. The lowest BCUT2D eigenvalue weighted by atomic mass is 10.1. The molecule has 6 heteroatoms. The van der Waals surface area contributed by atoms with Crippen molar-refractivity contribution >= 4 is 16.8 Å². The highest BCUT2D eigenvalue weighted by Gasteiger charge is 2.31. The Morgan fingerprint density at radius 3 is 2.33 bits per heavy atom. The first-order valence-corrected chi connectivity index (χ1v) is 8.76. The molecular formula is C18H20O5S. The molecule has 0 bridgehead atoms. The third kappa shape index (κ3) is 4.99. The zero-order valence-electron chi connectivity index (χ0n) is 13.3. The second kappa shape index (κ2) is 8.19. The summed E-state index contributed by atoms with van der Waals surface area (Å²) in [7, 11) is -1.52. The number of aliphatic hydroxyl groups is 2. The molecule has 128 valence electrons. The third-order valence-corrected chi connectivity index (χ3v) is 5.06. The monoisotopic (exact) mass is 348 g/mol. The van der Waals surface area contributed by atoms with E-state index in [0.717, 1.165) is 5.56 Å². The molecule has 0 fully saturated rings. The fourth-order valence-corrected chi connectivity index (χ4v) is 3.28. The second-order valence-corrected chi connectivity index (χ2v) is 7.08. The molecule has 0 aliphatic carbocycles. The first-order valence-electron chi connectivity index (χ1n) is 7.44. The van der Waals surface area contributed by atoms with Crippen LogP contribution in [0.2, 0.25) is 0 Å². The molecule has 2 N–H and O–H groups in total. The van der Waals surface area contributed by atoms with E-state index in [1.807, 2.05) is 19.1 Å².